The van der Waals surface area contributed by atoms with E-state index in [1.807, 2.05) is 49.1 Å². The van der Waals surface area contributed by atoms with Gasteiger partial charge in [0.1, 0.15) is 0 Å². The number of nitrogens with one attached hydrogen (secondary N) is 1. The highest BCUT2D eigenvalue weighted by atomic mass is 16.7. The molecule has 1 saturated heterocycles. The molecule has 0 radical (unpaired) electrons. The van der Waals surface area contributed by atoms with Crippen molar-refractivity contribution < 1.29 is 14.4 Å². The van der Waals surface area contributed by atoms with Crippen molar-refractivity contribution in [3.8, 4) is 0 Å². The topological polar surface area (TPSA) is 58.6 Å². The molecule has 24 heavy (non-hydrogen) atoms. The molecule has 132 valence electrons. The molecule has 0 saturated carbocycles. The quantitative estimate of drug-likeness (QED) is 0.844. The van der Waals surface area contributed by atoms with Gasteiger partial charge >= 0.3 is 0 Å². The van der Waals surface area contributed by atoms with Crippen molar-refractivity contribution >= 4 is 11.8 Å². The van der Waals surface area contributed by atoms with Gasteiger partial charge in [-0.25, -0.2) is 5.48 Å². The van der Waals surface area contributed by atoms with Gasteiger partial charge in [-0.15, -0.1) is 0 Å². The fourth-order valence-corrected chi connectivity index (χ4v) is 3.26. The zero-order valence-electron chi connectivity index (χ0n) is 15.0. The highest BCUT2D eigenvalue weighted by Gasteiger charge is 2.31. The molecule has 1 N–H and O–H groups in total. The Kier molecular flexibility index (Phi) is 5.99. The molecule has 0 aromatic heterocycles. The van der Waals surface area contributed by atoms with Crippen molar-refractivity contribution in [2.45, 2.75) is 64.5 Å². The van der Waals surface area contributed by atoms with Crippen LogP contribution < -0.4 is 5.48 Å². The Balaban J connectivity index is 1.87. The number of hydrogen-bond acceptors (Lipinski definition) is 3. The first-order chi connectivity index (χ1) is 11.3. The number of hydrogen-bond donors (Lipinski definition) is 1. The van der Waals surface area contributed by atoms with Crippen molar-refractivity contribution in [2.75, 3.05) is 6.61 Å². The van der Waals surface area contributed by atoms with Gasteiger partial charge in [-0.3, -0.25) is 14.4 Å². The average Bonchev–Trinajstić information content (AvgIpc) is 2.55. The molecule has 1 fully saturated rings. The number of hydroxylamine groups is 1. The molecule has 5 heteroatoms. The summed E-state index contributed by atoms with van der Waals surface area (Å²) in [5, 5.41) is 0. The second kappa shape index (κ2) is 7.79. The third-order valence-electron chi connectivity index (χ3n) is 4.91. The Morgan fingerprint density at radius 1 is 1.17 bits per heavy atom. The third kappa shape index (κ3) is 4.15. The molecule has 2 amide bonds. The monoisotopic (exact) mass is 332 g/mol. The van der Waals surface area contributed by atoms with E-state index >= 15 is 0 Å². The molecule has 0 aliphatic carbocycles. The number of likely N-dealkylation sites (tertiary alicyclic amines) is 1. The van der Waals surface area contributed by atoms with E-state index in [0.29, 0.717) is 0 Å². The van der Waals surface area contributed by atoms with E-state index in [1.54, 1.807) is 0 Å². The van der Waals surface area contributed by atoms with Crippen LogP contribution in [0.4, 0.5) is 0 Å². The number of piperidine rings is 1. The molecular formula is C19H28N2O3. The summed E-state index contributed by atoms with van der Waals surface area (Å²) in [6, 6.07) is 9.96. The lowest BCUT2D eigenvalue weighted by Crippen LogP contribution is -2.50. The molecule has 1 aliphatic rings. The predicted octanol–water partition coefficient (Wildman–Crippen LogP) is 2.80. The molecule has 2 rings (SSSR count). The molecular weight excluding hydrogens is 304 g/mol. The third-order valence-corrected chi connectivity index (χ3v) is 4.91. The summed E-state index contributed by atoms with van der Waals surface area (Å²) < 4.78 is 0. The lowest BCUT2D eigenvalue weighted by atomic mass is 9.84. The first kappa shape index (κ1) is 18.5. The summed E-state index contributed by atoms with van der Waals surface area (Å²) in [5.74, 6) is -0.339. The standard InChI is InChI=1S/C19H28N2O3/c1-14-9-8-10-15(2)21(14)17(22)13-24-20-18(23)19(3,4)16-11-6-5-7-12-16/h5-7,11-12,14-15H,8-10,13H2,1-4H3,(H,20,23). The molecule has 1 aromatic rings. The van der Waals surface area contributed by atoms with Crippen LogP contribution in [0.3, 0.4) is 0 Å². The molecule has 2 unspecified atom stereocenters. The van der Waals surface area contributed by atoms with Crippen LogP contribution in [-0.2, 0) is 19.8 Å². The summed E-state index contributed by atoms with van der Waals surface area (Å²) in [5.41, 5.74) is 2.61. The maximum Gasteiger partial charge on any atom is 0.253 e. The lowest BCUT2D eigenvalue weighted by molar-refractivity contribution is -0.151. The molecule has 1 aliphatic heterocycles. The number of nitrogens with zero attached hydrogens (tertiary/aromatic N) is 1. The maximum atomic E-state index is 12.4. The molecule has 5 nitrogen and oxygen atoms in total. The number of rotatable bonds is 5. The van der Waals surface area contributed by atoms with Gasteiger partial charge in [0, 0.05) is 12.1 Å². The van der Waals surface area contributed by atoms with Gasteiger partial charge < -0.3 is 4.90 Å². The van der Waals surface area contributed by atoms with E-state index in [9.17, 15) is 9.59 Å². The van der Waals surface area contributed by atoms with Crippen LogP contribution in [0.1, 0.15) is 52.5 Å². The average molecular weight is 332 g/mol. The summed E-state index contributed by atoms with van der Waals surface area (Å²) in [4.78, 5) is 31.9. The van der Waals surface area contributed by atoms with E-state index in [2.05, 4.69) is 19.3 Å². The van der Waals surface area contributed by atoms with Crippen LogP contribution in [0, 0.1) is 0 Å². The predicted molar refractivity (Wildman–Crippen MR) is 93.2 cm³/mol. The highest BCUT2D eigenvalue weighted by molar-refractivity contribution is 5.86. The number of carbonyl (C=O) groups is 2. The van der Waals surface area contributed by atoms with Gasteiger partial charge in [-0.1, -0.05) is 30.3 Å². The Bertz CT molecular complexity index is 561. The summed E-state index contributed by atoms with van der Waals surface area (Å²) in [6.07, 6.45) is 3.18. The minimum atomic E-state index is -0.726. The summed E-state index contributed by atoms with van der Waals surface area (Å²) >= 11 is 0. The smallest absolute Gasteiger partial charge is 0.253 e. The van der Waals surface area contributed by atoms with Crippen molar-refractivity contribution in [1.82, 2.24) is 10.4 Å². The van der Waals surface area contributed by atoms with Crippen LogP contribution in [0.2, 0.25) is 0 Å². The van der Waals surface area contributed by atoms with Gasteiger partial charge in [-0.05, 0) is 52.5 Å². The van der Waals surface area contributed by atoms with E-state index in [0.717, 1.165) is 24.8 Å². The Hall–Kier alpha value is -1.88. The zero-order valence-corrected chi connectivity index (χ0v) is 15.0. The van der Waals surface area contributed by atoms with Crippen LogP contribution in [0.25, 0.3) is 0 Å². The Labute approximate surface area is 144 Å². The minimum absolute atomic E-state index is 0.0764. The second-order valence-corrected chi connectivity index (χ2v) is 7.14. The minimum Gasteiger partial charge on any atom is -0.335 e. The van der Waals surface area contributed by atoms with E-state index in [1.165, 1.54) is 0 Å². The highest BCUT2D eigenvalue weighted by Crippen LogP contribution is 2.24. The van der Waals surface area contributed by atoms with Gasteiger partial charge in [-0.2, -0.15) is 0 Å². The molecule has 1 heterocycles. The van der Waals surface area contributed by atoms with Gasteiger partial charge in [0.2, 0.25) is 0 Å². The fraction of sp³-hybridized carbons (Fsp3) is 0.579. The number of amides is 2. The first-order valence-electron chi connectivity index (χ1n) is 8.63. The van der Waals surface area contributed by atoms with E-state index < -0.39 is 5.41 Å². The van der Waals surface area contributed by atoms with E-state index in [-0.39, 0.29) is 30.5 Å². The fourth-order valence-electron chi connectivity index (χ4n) is 3.26. The van der Waals surface area contributed by atoms with Gasteiger partial charge in [0.05, 0.1) is 5.41 Å². The Morgan fingerprint density at radius 2 is 1.75 bits per heavy atom. The van der Waals surface area contributed by atoms with Crippen molar-refractivity contribution in [3.63, 3.8) is 0 Å². The Morgan fingerprint density at radius 3 is 2.33 bits per heavy atom. The number of benzene rings is 1. The van der Waals surface area contributed by atoms with Crippen LogP contribution >= 0.6 is 0 Å². The van der Waals surface area contributed by atoms with E-state index in [4.69, 9.17) is 4.84 Å². The van der Waals surface area contributed by atoms with Crippen molar-refractivity contribution in [1.29, 1.82) is 0 Å². The van der Waals surface area contributed by atoms with Crippen LogP contribution in [-0.4, -0.2) is 35.4 Å². The second-order valence-electron chi connectivity index (χ2n) is 7.14. The zero-order chi connectivity index (χ0) is 17.7. The van der Waals surface area contributed by atoms with Gasteiger partial charge in [0.25, 0.3) is 11.8 Å². The molecule has 2 atom stereocenters. The molecule has 1 aromatic carbocycles. The molecule has 0 spiro atoms. The summed E-state index contributed by atoms with van der Waals surface area (Å²) in [7, 11) is 0. The maximum absolute atomic E-state index is 12.4. The number of carbonyl (C=O) groups excluding carboxylic acids is 2. The SMILES string of the molecule is CC1CCCC(C)N1C(=O)CONC(=O)C(C)(C)c1ccccc1. The molecule has 0 bridgehead atoms. The largest absolute Gasteiger partial charge is 0.335 e. The first-order valence-corrected chi connectivity index (χ1v) is 8.63. The van der Waals surface area contributed by atoms with Gasteiger partial charge in [0.15, 0.2) is 6.61 Å². The van der Waals surface area contributed by atoms with Crippen molar-refractivity contribution in [3.05, 3.63) is 35.9 Å². The lowest BCUT2D eigenvalue weighted by Gasteiger charge is -2.39. The van der Waals surface area contributed by atoms with Crippen molar-refractivity contribution in [2.24, 2.45) is 0 Å². The van der Waals surface area contributed by atoms with Crippen LogP contribution in [0.5, 0.6) is 0 Å². The normalized spacial score (nSPS) is 21.4. The van der Waals surface area contributed by atoms with Crippen LogP contribution in [0.15, 0.2) is 30.3 Å². The summed E-state index contributed by atoms with van der Waals surface area (Å²) in [6.45, 7) is 7.65.